The largest absolute Gasteiger partial charge is 0.405 e. The lowest BCUT2D eigenvalue weighted by Gasteiger charge is -2.09. The number of aliphatic hydroxyl groups excluding tert-OH is 1. The second kappa shape index (κ2) is 5.95. The molecule has 1 amide bonds. The minimum Gasteiger partial charge on any atom is -0.392 e. The molecule has 1 aromatic carbocycles. The average molecular weight is 321 g/mol. The third-order valence-corrected chi connectivity index (χ3v) is 3.13. The number of nitrogens with zero attached hydrogens (tertiary/aromatic N) is 1. The Morgan fingerprint density at radius 3 is 2.71 bits per heavy atom. The van der Waals surface area contributed by atoms with Crippen LogP contribution in [0.25, 0.3) is 10.9 Å². The van der Waals surface area contributed by atoms with Crippen molar-refractivity contribution in [2.75, 3.05) is 6.54 Å². The maximum atomic E-state index is 12.0. The Balaban J connectivity index is 2.22. The van der Waals surface area contributed by atoms with Crippen LogP contribution < -0.4 is 5.32 Å². The molecule has 2 aromatic rings. The van der Waals surface area contributed by atoms with Crippen molar-refractivity contribution in [1.82, 2.24) is 9.88 Å². The van der Waals surface area contributed by atoms with E-state index in [0.717, 1.165) is 0 Å². The molecule has 0 aliphatic heterocycles. The molecule has 0 fully saturated rings. The van der Waals surface area contributed by atoms with Gasteiger partial charge in [-0.05, 0) is 12.1 Å². The highest BCUT2D eigenvalue weighted by Gasteiger charge is 2.27. The van der Waals surface area contributed by atoms with Crippen LogP contribution in [0.4, 0.5) is 13.2 Å². The first-order valence-electron chi connectivity index (χ1n) is 6.02. The van der Waals surface area contributed by atoms with Gasteiger partial charge in [-0.1, -0.05) is 17.7 Å². The molecule has 114 valence electrons. The van der Waals surface area contributed by atoms with Crippen molar-refractivity contribution in [3.05, 3.63) is 35.0 Å². The van der Waals surface area contributed by atoms with Crippen molar-refractivity contribution in [3.8, 4) is 0 Å². The molecule has 2 N–H and O–H groups in total. The smallest absolute Gasteiger partial charge is 0.392 e. The zero-order valence-electron chi connectivity index (χ0n) is 10.7. The number of halogens is 4. The zero-order valence-corrected chi connectivity index (χ0v) is 11.5. The van der Waals surface area contributed by atoms with Gasteiger partial charge in [-0.2, -0.15) is 13.2 Å². The number of fused-ring (bicyclic) bond motifs is 1. The maximum Gasteiger partial charge on any atom is 0.405 e. The molecule has 0 atom stereocenters. The fraction of sp³-hybridized carbons (Fsp3) is 0.308. The summed E-state index contributed by atoms with van der Waals surface area (Å²) in [5, 5.41) is 12.2. The van der Waals surface area contributed by atoms with E-state index in [-0.39, 0.29) is 13.2 Å². The van der Waals surface area contributed by atoms with E-state index in [2.05, 4.69) is 0 Å². The van der Waals surface area contributed by atoms with Crippen LogP contribution in [0.2, 0.25) is 5.02 Å². The summed E-state index contributed by atoms with van der Waals surface area (Å²) in [6, 6.07) is 4.91. The number of alkyl halides is 3. The zero-order chi connectivity index (χ0) is 15.6. The van der Waals surface area contributed by atoms with Gasteiger partial charge in [0.05, 0.1) is 12.1 Å². The molecule has 21 heavy (non-hydrogen) atoms. The Hall–Kier alpha value is -1.73. The third-order valence-electron chi connectivity index (χ3n) is 2.90. The quantitative estimate of drug-likeness (QED) is 0.909. The Kier molecular flexibility index (Phi) is 4.43. The van der Waals surface area contributed by atoms with Crippen LogP contribution >= 0.6 is 11.6 Å². The molecule has 0 aliphatic carbocycles. The third kappa shape index (κ3) is 3.89. The minimum absolute atomic E-state index is 0.241. The maximum absolute atomic E-state index is 12.0. The summed E-state index contributed by atoms with van der Waals surface area (Å²) in [4.78, 5) is 11.6. The van der Waals surface area contributed by atoms with E-state index in [9.17, 15) is 23.1 Å². The van der Waals surface area contributed by atoms with Crippen LogP contribution in [-0.4, -0.2) is 28.3 Å². The van der Waals surface area contributed by atoms with Gasteiger partial charge >= 0.3 is 6.18 Å². The lowest BCUT2D eigenvalue weighted by molar-refractivity contribution is -0.138. The number of carbonyl (C=O) groups is 1. The molecule has 0 spiro atoms. The molecule has 0 saturated carbocycles. The van der Waals surface area contributed by atoms with Gasteiger partial charge in [-0.25, -0.2) is 0 Å². The summed E-state index contributed by atoms with van der Waals surface area (Å²) in [5.74, 6) is -0.770. The lowest BCUT2D eigenvalue weighted by atomic mass is 10.2. The van der Waals surface area contributed by atoms with E-state index in [0.29, 0.717) is 21.5 Å². The molecular weight excluding hydrogens is 309 g/mol. The van der Waals surface area contributed by atoms with Crippen molar-refractivity contribution in [3.63, 3.8) is 0 Å². The van der Waals surface area contributed by atoms with Crippen molar-refractivity contribution in [1.29, 1.82) is 0 Å². The summed E-state index contributed by atoms with van der Waals surface area (Å²) in [7, 11) is 0. The van der Waals surface area contributed by atoms with Gasteiger partial charge in [0, 0.05) is 22.2 Å². The van der Waals surface area contributed by atoms with Gasteiger partial charge in [0.1, 0.15) is 13.1 Å². The monoisotopic (exact) mass is 320 g/mol. The molecule has 1 heterocycles. The van der Waals surface area contributed by atoms with Crippen LogP contribution in [0.1, 0.15) is 5.56 Å². The number of aliphatic hydroxyl groups is 1. The fourth-order valence-corrected chi connectivity index (χ4v) is 2.17. The second-order valence-corrected chi connectivity index (χ2v) is 4.93. The standard InChI is InChI=1S/C13H12ClF3N2O2/c14-9-1-2-10-8(6-20)4-19(11(10)3-9)5-12(21)18-7-13(15,16)17/h1-4,20H,5-7H2,(H,18,21). The summed E-state index contributed by atoms with van der Waals surface area (Å²) in [6.07, 6.45) is -2.93. The van der Waals surface area contributed by atoms with Crippen molar-refractivity contribution >= 4 is 28.4 Å². The van der Waals surface area contributed by atoms with E-state index in [1.807, 2.05) is 0 Å². The summed E-state index contributed by atoms with van der Waals surface area (Å²) < 4.78 is 37.6. The first-order chi connectivity index (χ1) is 9.80. The van der Waals surface area contributed by atoms with Crippen LogP contribution in [0, 0.1) is 0 Å². The predicted molar refractivity (Wildman–Crippen MR) is 71.9 cm³/mol. The Morgan fingerprint density at radius 1 is 1.38 bits per heavy atom. The van der Waals surface area contributed by atoms with Gasteiger partial charge in [-0.3, -0.25) is 4.79 Å². The summed E-state index contributed by atoms with van der Waals surface area (Å²) >= 11 is 5.88. The molecule has 0 aliphatic rings. The van der Waals surface area contributed by atoms with Crippen molar-refractivity contribution < 1.29 is 23.1 Å². The Morgan fingerprint density at radius 2 is 2.10 bits per heavy atom. The van der Waals surface area contributed by atoms with E-state index in [1.54, 1.807) is 23.5 Å². The van der Waals surface area contributed by atoms with Gasteiger partial charge in [0.2, 0.25) is 5.91 Å². The van der Waals surface area contributed by atoms with E-state index < -0.39 is 18.6 Å². The molecule has 0 bridgehead atoms. The Bertz CT molecular complexity index is 667. The molecule has 0 unspecified atom stereocenters. The molecule has 2 rings (SSSR count). The number of hydrogen-bond acceptors (Lipinski definition) is 2. The first-order valence-corrected chi connectivity index (χ1v) is 6.39. The lowest BCUT2D eigenvalue weighted by Crippen LogP contribution is -2.35. The summed E-state index contributed by atoms with van der Waals surface area (Å²) in [6.45, 7) is -1.90. The number of hydrogen-bond donors (Lipinski definition) is 2. The Labute approximate surface area is 123 Å². The molecule has 1 aromatic heterocycles. The average Bonchev–Trinajstić information content (AvgIpc) is 2.73. The van der Waals surface area contributed by atoms with Gasteiger partial charge in [0.15, 0.2) is 0 Å². The highest BCUT2D eigenvalue weighted by Crippen LogP contribution is 2.25. The number of nitrogens with one attached hydrogen (secondary N) is 1. The molecule has 0 saturated heterocycles. The number of amides is 1. The first kappa shape index (κ1) is 15.7. The summed E-state index contributed by atoms with van der Waals surface area (Å²) in [5.41, 5.74) is 1.15. The van der Waals surface area contributed by atoms with Crippen LogP contribution in [0.3, 0.4) is 0 Å². The molecule has 8 heteroatoms. The molecule has 4 nitrogen and oxygen atoms in total. The highest BCUT2D eigenvalue weighted by atomic mass is 35.5. The van der Waals surface area contributed by atoms with E-state index in [1.165, 1.54) is 10.8 Å². The molecule has 0 radical (unpaired) electrons. The van der Waals surface area contributed by atoms with Crippen molar-refractivity contribution in [2.24, 2.45) is 0 Å². The second-order valence-electron chi connectivity index (χ2n) is 4.49. The van der Waals surface area contributed by atoms with E-state index in [4.69, 9.17) is 11.6 Å². The SMILES string of the molecule is O=C(Cn1cc(CO)c2ccc(Cl)cc21)NCC(F)(F)F. The van der Waals surface area contributed by atoms with E-state index >= 15 is 0 Å². The predicted octanol–water partition coefficient (Wildman–Crippen LogP) is 2.47. The number of benzene rings is 1. The van der Waals surface area contributed by atoms with Crippen LogP contribution in [0.15, 0.2) is 24.4 Å². The highest BCUT2D eigenvalue weighted by molar-refractivity contribution is 6.31. The number of aromatic nitrogens is 1. The topological polar surface area (TPSA) is 54.3 Å². The number of rotatable bonds is 4. The van der Waals surface area contributed by atoms with Gasteiger partial charge < -0.3 is 15.0 Å². The van der Waals surface area contributed by atoms with Crippen molar-refractivity contribution in [2.45, 2.75) is 19.3 Å². The normalized spacial score (nSPS) is 11.9. The molecular formula is C13H12ClF3N2O2. The minimum atomic E-state index is -4.45. The fourth-order valence-electron chi connectivity index (χ4n) is 2.01. The van der Waals surface area contributed by atoms with Crippen LogP contribution in [-0.2, 0) is 17.9 Å². The number of carbonyl (C=O) groups excluding carboxylic acids is 1. The van der Waals surface area contributed by atoms with Gasteiger partial charge in [-0.15, -0.1) is 0 Å². The van der Waals surface area contributed by atoms with Crippen LogP contribution in [0.5, 0.6) is 0 Å². The van der Waals surface area contributed by atoms with Gasteiger partial charge in [0.25, 0.3) is 0 Å².